The molecule has 2 rings (SSSR count). The number of amides is 1. The maximum atomic E-state index is 12.0. The lowest BCUT2D eigenvalue weighted by Crippen LogP contribution is -2.15. The van der Waals surface area contributed by atoms with Gasteiger partial charge in [0, 0.05) is 23.9 Å². The van der Waals surface area contributed by atoms with Gasteiger partial charge in [0.05, 0.1) is 13.0 Å². The van der Waals surface area contributed by atoms with Gasteiger partial charge < -0.3 is 15.2 Å². The first-order valence-electron chi connectivity index (χ1n) is 6.34. The molecular weight excluding hydrogens is 254 g/mol. The fourth-order valence-electron chi connectivity index (χ4n) is 1.95. The van der Waals surface area contributed by atoms with E-state index >= 15 is 0 Å². The molecule has 0 spiro atoms. The summed E-state index contributed by atoms with van der Waals surface area (Å²) in [7, 11) is 1.61. The quantitative estimate of drug-likeness (QED) is 0.879. The van der Waals surface area contributed by atoms with Crippen LogP contribution in [0.1, 0.15) is 11.1 Å². The van der Waals surface area contributed by atoms with Crippen molar-refractivity contribution in [3.63, 3.8) is 0 Å². The normalized spacial score (nSPS) is 10.2. The number of phenolic OH excluding ortho intramolecular Hbond substituents is 1. The van der Waals surface area contributed by atoms with E-state index in [1.807, 2.05) is 24.3 Å². The minimum absolute atomic E-state index is 0.132. The van der Waals surface area contributed by atoms with Crippen molar-refractivity contribution in [1.82, 2.24) is 0 Å². The highest BCUT2D eigenvalue weighted by molar-refractivity contribution is 5.93. The van der Waals surface area contributed by atoms with Gasteiger partial charge in [-0.3, -0.25) is 4.79 Å². The number of ether oxygens (including phenoxy) is 1. The Bertz CT molecular complexity index is 596. The third-order valence-electron chi connectivity index (χ3n) is 2.93. The van der Waals surface area contributed by atoms with E-state index in [1.165, 1.54) is 0 Å². The zero-order chi connectivity index (χ0) is 14.4. The largest absolute Gasteiger partial charge is 0.508 e. The molecule has 20 heavy (non-hydrogen) atoms. The molecule has 0 bridgehead atoms. The predicted octanol–water partition coefficient (Wildman–Crippen LogP) is 2.72. The molecule has 0 saturated carbocycles. The van der Waals surface area contributed by atoms with Gasteiger partial charge in [0.2, 0.25) is 5.91 Å². The average Bonchev–Trinajstić information content (AvgIpc) is 2.44. The van der Waals surface area contributed by atoms with Crippen LogP contribution in [0.15, 0.2) is 48.5 Å². The highest BCUT2D eigenvalue weighted by Gasteiger charge is 2.09. The van der Waals surface area contributed by atoms with E-state index < -0.39 is 0 Å². The highest BCUT2D eigenvalue weighted by Crippen LogP contribution is 2.19. The second-order valence-electron chi connectivity index (χ2n) is 4.44. The predicted molar refractivity (Wildman–Crippen MR) is 77.6 cm³/mol. The first kappa shape index (κ1) is 14.1. The molecule has 4 nitrogen and oxygen atoms in total. The summed E-state index contributed by atoms with van der Waals surface area (Å²) in [5.41, 5.74) is 2.25. The maximum absolute atomic E-state index is 12.0. The number of rotatable bonds is 5. The Kier molecular flexibility index (Phi) is 4.74. The first-order chi connectivity index (χ1) is 9.70. The van der Waals surface area contributed by atoms with E-state index in [0.717, 1.165) is 11.3 Å². The summed E-state index contributed by atoms with van der Waals surface area (Å²) >= 11 is 0. The Hall–Kier alpha value is -2.33. The van der Waals surface area contributed by atoms with Crippen molar-refractivity contribution >= 4 is 11.6 Å². The van der Waals surface area contributed by atoms with Gasteiger partial charge in [-0.15, -0.1) is 0 Å². The van der Waals surface area contributed by atoms with E-state index in [-0.39, 0.29) is 18.1 Å². The molecule has 1 amide bonds. The lowest BCUT2D eigenvalue weighted by molar-refractivity contribution is -0.115. The van der Waals surface area contributed by atoms with Crippen LogP contribution in [0.25, 0.3) is 0 Å². The minimum Gasteiger partial charge on any atom is -0.508 e. The van der Waals surface area contributed by atoms with Gasteiger partial charge >= 0.3 is 0 Å². The Balaban J connectivity index is 2.07. The van der Waals surface area contributed by atoms with Crippen LogP contribution in [0.2, 0.25) is 0 Å². The Morgan fingerprint density at radius 2 is 1.75 bits per heavy atom. The zero-order valence-corrected chi connectivity index (χ0v) is 11.3. The topological polar surface area (TPSA) is 58.6 Å². The van der Waals surface area contributed by atoms with Gasteiger partial charge in [0.25, 0.3) is 0 Å². The van der Waals surface area contributed by atoms with Crippen LogP contribution < -0.4 is 5.32 Å². The number of hydrogen-bond donors (Lipinski definition) is 2. The second-order valence-corrected chi connectivity index (χ2v) is 4.44. The molecule has 104 valence electrons. The van der Waals surface area contributed by atoms with Crippen LogP contribution in [0.5, 0.6) is 5.75 Å². The van der Waals surface area contributed by atoms with E-state index in [1.54, 1.807) is 31.4 Å². The molecular formula is C16H17NO3. The third-order valence-corrected chi connectivity index (χ3v) is 2.93. The average molecular weight is 271 g/mol. The standard InChI is InChI=1S/C16H17NO3/c1-20-11-13-7-2-4-8-14(13)17-16(19)10-12-6-3-5-9-15(12)18/h2-9,18H,10-11H2,1H3,(H,17,19). The van der Waals surface area contributed by atoms with Crippen molar-refractivity contribution in [1.29, 1.82) is 0 Å². The molecule has 2 N–H and O–H groups in total. The van der Waals surface area contributed by atoms with E-state index in [9.17, 15) is 9.90 Å². The van der Waals surface area contributed by atoms with Crippen LogP contribution in [0, 0.1) is 0 Å². The SMILES string of the molecule is COCc1ccccc1NC(=O)Cc1ccccc1O. The molecule has 0 unspecified atom stereocenters. The summed E-state index contributed by atoms with van der Waals surface area (Å²) in [4.78, 5) is 12.0. The molecule has 0 aromatic heterocycles. The highest BCUT2D eigenvalue weighted by atomic mass is 16.5. The number of para-hydroxylation sites is 2. The number of phenols is 1. The molecule has 0 radical (unpaired) electrons. The van der Waals surface area contributed by atoms with Crippen LogP contribution in [0.4, 0.5) is 5.69 Å². The molecule has 0 heterocycles. The fraction of sp³-hybridized carbons (Fsp3) is 0.188. The second kappa shape index (κ2) is 6.73. The molecule has 0 saturated heterocycles. The molecule has 0 aliphatic carbocycles. The molecule has 0 fully saturated rings. The van der Waals surface area contributed by atoms with Crippen molar-refractivity contribution in [3.8, 4) is 5.75 Å². The number of nitrogens with one attached hydrogen (secondary N) is 1. The van der Waals surface area contributed by atoms with Crippen molar-refractivity contribution in [2.75, 3.05) is 12.4 Å². The summed E-state index contributed by atoms with van der Waals surface area (Å²) in [6, 6.07) is 14.3. The summed E-state index contributed by atoms with van der Waals surface area (Å²) in [6.45, 7) is 0.438. The summed E-state index contributed by atoms with van der Waals surface area (Å²) in [6.07, 6.45) is 0.133. The van der Waals surface area contributed by atoms with E-state index in [0.29, 0.717) is 12.2 Å². The molecule has 0 aliphatic heterocycles. The number of carbonyl (C=O) groups excluding carboxylic acids is 1. The first-order valence-corrected chi connectivity index (χ1v) is 6.34. The van der Waals surface area contributed by atoms with Crippen molar-refractivity contribution in [3.05, 3.63) is 59.7 Å². The van der Waals surface area contributed by atoms with Gasteiger partial charge in [-0.1, -0.05) is 36.4 Å². The zero-order valence-electron chi connectivity index (χ0n) is 11.3. The fourth-order valence-corrected chi connectivity index (χ4v) is 1.95. The van der Waals surface area contributed by atoms with E-state index in [4.69, 9.17) is 4.74 Å². The summed E-state index contributed by atoms with van der Waals surface area (Å²) in [5, 5.41) is 12.5. The lowest BCUT2D eigenvalue weighted by atomic mass is 10.1. The number of methoxy groups -OCH3 is 1. The Morgan fingerprint density at radius 1 is 1.10 bits per heavy atom. The maximum Gasteiger partial charge on any atom is 0.228 e. The van der Waals surface area contributed by atoms with Gasteiger partial charge in [-0.2, -0.15) is 0 Å². The van der Waals surface area contributed by atoms with Crippen molar-refractivity contribution < 1.29 is 14.6 Å². The number of hydrogen-bond acceptors (Lipinski definition) is 3. The van der Waals surface area contributed by atoms with Crippen LogP contribution in [-0.4, -0.2) is 18.1 Å². The Morgan fingerprint density at radius 3 is 2.45 bits per heavy atom. The smallest absolute Gasteiger partial charge is 0.228 e. The van der Waals surface area contributed by atoms with Crippen LogP contribution >= 0.6 is 0 Å². The molecule has 0 atom stereocenters. The van der Waals surface area contributed by atoms with Gasteiger partial charge in [0.15, 0.2) is 0 Å². The van der Waals surface area contributed by atoms with E-state index in [2.05, 4.69) is 5.32 Å². The number of anilines is 1. The van der Waals surface area contributed by atoms with Crippen LogP contribution in [-0.2, 0) is 22.6 Å². The molecule has 2 aromatic carbocycles. The monoisotopic (exact) mass is 271 g/mol. The lowest BCUT2D eigenvalue weighted by Gasteiger charge is -2.11. The number of carbonyl (C=O) groups is 1. The molecule has 0 aliphatic rings. The molecule has 2 aromatic rings. The van der Waals surface area contributed by atoms with Gasteiger partial charge in [0.1, 0.15) is 5.75 Å². The van der Waals surface area contributed by atoms with Crippen molar-refractivity contribution in [2.24, 2.45) is 0 Å². The Labute approximate surface area is 118 Å². The summed E-state index contributed by atoms with van der Waals surface area (Å²) < 4.78 is 5.10. The van der Waals surface area contributed by atoms with Gasteiger partial charge in [-0.25, -0.2) is 0 Å². The van der Waals surface area contributed by atoms with Crippen LogP contribution in [0.3, 0.4) is 0 Å². The third kappa shape index (κ3) is 3.59. The summed E-state index contributed by atoms with van der Waals surface area (Å²) in [5.74, 6) is -0.0390. The van der Waals surface area contributed by atoms with Gasteiger partial charge in [-0.05, 0) is 12.1 Å². The molecule has 4 heteroatoms. The number of benzene rings is 2. The number of aromatic hydroxyl groups is 1. The minimum atomic E-state index is -0.171. The van der Waals surface area contributed by atoms with Crippen molar-refractivity contribution in [2.45, 2.75) is 13.0 Å².